The number of rotatable bonds is 8. The molecule has 1 unspecified atom stereocenters. The number of benzene rings is 3. The summed E-state index contributed by atoms with van der Waals surface area (Å²) in [4.78, 5) is 18.7. The van der Waals surface area contributed by atoms with E-state index >= 15 is 0 Å². The van der Waals surface area contributed by atoms with Crippen LogP contribution in [0, 0.1) is 0 Å². The SMILES string of the molecule is N/C=C\NCCCOc1ccc(C2c3[nH]c4ccc(N)cc4c3CCN2C(=O)Oc2ccc(Cl)cc2)cc1. The van der Waals surface area contributed by atoms with Crippen molar-refractivity contribution in [2.24, 2.45) is 5.73 Å². The fraction of sp³-hybridized carbons (Fsp3) is 0.207. The van der Waals surface area contributed by atoms with Gasteiger partial charge in [0.15, 0.2) is 0 Å². The van der Waals surface area contributed by atoms with Crippen molar-refractivity contribution in [3.63, 3.8) is 0 Å². The molecule has 0 aliphatic carbocycles. The lowest BCUT2D eigenvalue weighted by atomic mass is 9.92. The molecule has 4 aromatic rings. The van der Waals surface area contributed by atoms with E-state index in [9.17, 15) is 4.79 Å². The molecule has 0 fully saturated rings. The monoisotopic (exact) mass is 531 g/mol. The van der Waals surface area contributed by atoms with Crippen LogP contribution in [-0.4, -0.2) is 35.7 Å². The molecule has 9 heteroatoms. The summed E-state index contributed by atoms with van der Waals surface area (Å²) >= 11 is 5.99. The fourth-order valence-electron chi connectivity index (χ4n) is 4.77. The van der Waals surface area contributed by atoms with Crippen LogP contribution in [0.25, 0.3) is 10.9 Å². The van der Waals surface area contributed by atoms with Crippen molar-refractivity contribution in [3.05, 3.63) is 101 Å². The number of aromatic nitrogens is 1. The Bertz CT molecular complexity index is 1430. The van der Waals surface area contributed by atoms with E-state index in [4.69, 9.17) is 32.5 Å². The number of anilines is 1. The summed E-state index contributed by atoms with van der Waals surface area (Å²) in [7, 11) is 0. The molecule has 1 aliphatic rings. The Morgan fingerprint density at radius 3 is 2.63 bits per heavy atom. The first-order valence-corrected chi connectivity index (χ1v) is 12.9. The number of ether oxygens (including phenoxy) is 2. The highest BCUT2D eigenvalue weighted by molar-refractivity contribution is 6.30. The number of fused-ring (bicyclic) bond motifs is 3. The molecule has 0 saturated heterocycles. The predicted molar refractivity (Wildman–Crippen MR) is 150 cm³/mol. The minimum Gasteiger partial charge on any atom is -0.494 e. The van der Waals surface area contributed by atoms with Gasteiger partial charge in [-0.15, -0.1) is 0 Å². The standard InChI is InChI=1S/C29H30ClN5O3/c30-20-4-9-23(10-5-20)38-29(36)35-16-12-24-25-18-21(32)6-11-26(25)34-27(24)28(35)19-2-7-22(8-3-19)37-17-1-14-33-15-13-31/h2-11,13,15,18,28,33-34H,1,12,14,16-17,31-32H2/b15-13-. The van der Waals surface area contributed by atoms with Gasteiger partial charge in [0.05, 0.1) is 6.61 Å². The molecule has 6 N–H and O–H groups in total. The lowest BCUT2D eigenvalue weighted by Crippen LogP contribution is -2.42. The summed E-state index contributed by atoms with van der Waals surface area (Å²) in [6.07, 6.45) is 4.25. The van der Waals surface area contributed by atoms with Crippen molar-refractivity contribution >= 4 is 34.3 Å². The topological polar surface area (TPSA) is 119 Å². The molecular formula is C29H30ClN5O3. The zero-order chi connectivity index (χ0) is 26.5. The number of hydrogen-bond donors (Lipinski definition) is 4. The van der Waals surface area contributed by atoms with Gasteiger partial charge in [-0.1, -0.05) is 23.7 Å². The molecule has 0 radical (unpaired) electrons. The van der Waals surface area contributed by atoms with Crippen molar-refractivity contribution in [3.8, 4) is 11.5 Å². The lowest BCUT2D eigenvalue weighted by Gasteiger charge is -2.35. The summed E-state index contributed by atoms with van der Waals surface area (Å²) < 4.78 is 11.6. The molecule has 0 bridgehead atoms. The summed E-state index contributed by atoms with van der Waals surface area (Å²) in [5, 5.41) is 4.73. The fourth-order valence-corrected chi connectivity index (χ4v) is 4.90. The molecule has 196 valence electrons. The Hall–Kier alpha value is -4.30. The molecule has 3 aromatic carbocycles. The molecule has 1 atom stereocenters. The van der Waals surface area contributed by atoms with Crippen LogP contribution in [-0.2, 0) is 6.42 Å². The van der Waals surface area contributed by atoms with E-state index in [2.05, 4.69) is 10.3 Å². The molecular weight excluding hydrogens is 502 g/mol. The van der Waals surface area contributed by atoms with Gasteiger partial charge in [0.2, 0.25) is 0 Å². The van der Waals surface area contributed by atoms with Crippen LogP contribution in [0.5, 0.6) is 11.5 Å². The highest BCUT2D eigenvalue weighted by atomic mass is 35.5. The zero-order valence-corrected chi connectivity index (χ0v) is 21.6. The van der Waals surface area contributed by atoms with Gasteiger partial charge < -0.3 is 31.2 Å². The molecule has 1 amide bonds. The molecule has 2 heterocycles. The number of aromatic amines is 1. The van der Waals surface area contributed by atoms with Gasteiger partial charge in [0.1, 0.15) is 17.5 Å². The molecule has 8 nitrogen and oxygen atoms in total. The van der Waals surface area contributed by atoms with E-state index < -0.39 is 6.09 Å². The van der Waals surface area contributed by atoms with Crippen molar-refractivity contribution in [2.75, 3.05) is 25.4 Å². The smallest absolute Gasteiger partial charge is 0.416 e. The lowest BCUT2D eigenvalue weighted by molar-refractivity contribution is 0.135. The minimum absolute atomic E-state index is 0.367. The maximum Gasteiger partial charge on any atom is 0.416 e. The van der Waals surface area contributed by atoms with Crippen LogP contribution in [0.4, 0.5) is 10.5 Å². The number of H-pyrrole nitrogens is 1. The summed E-state index contributed by atoms with van der Waals surface area (Å²) in [6, 6.07) is 20.1. The third kappa shape index (κ3) is 5.50. The first-order chi connectivity index (χ1) is 18.5. The number of hydrogen-bond acceptors (Lipinski definition) is 6. The second kappa shape index (κ2) is 11.4. The largest absolute Gasteiger partial charge is 0.494 e. The third-order valence-electron chi connectivity index (χ3n) is 6.55. The van der Waals surface area contributed by atoms with Gasteiger partial charge in [-0.25, -0.2) is 4.79 Å². The zero-order valence-electron chi connectivity index (χ0n) is 20.8. The second-order valence-electron chi connectivity index (χ2n) is 9.07. The Balaban J connectivity index is 1.41. The van der Waals surface area contributed by atoms with Crippen molar-refractivity contribution in [1.82, 2.24) is 15.2 Å². The summed E-state index contributed by atoms with van der Waals surface area (Å²) in [5.74, 6) is 1.20. The Morgan fingerprint density at radius 1 is 1.11 bits per heavy atom. The quantitative estimate of drug-likeness (QED) is 0.180. The summed E-state index contributed by atoms with van der Waals surface area (Å²) in [6.45, 7) is 1.84. The maximum absolute atomic E-state index is 13.4. The van der Waals surface area contributed by atoms with E-state index in [0.29, 0.717) is 36.0 Å². The number of nitrogens with two attached hydrogens (primary N) is 2. The van der Waals surface area contributed by atoms with Gasteiger partial charge in [-0.05, 0) is 78.6 Å². The maximum atomic E-state index is 13.4. The number of amides is 1. The summed E-state index contributed by atoms with van der Waals surface area (Å²) in [5.41, 5.74) is 16.2. The Kier molecular flexibility index (Phi) is 7.60. The average molecular weight is 532 g/mol. The van der Waals surface area contributed by atoms with E-state index in [1.807, 2.05) is 42.5 Å². The van der Waals surface area contributed by atoms with Crippen molar-refractivity contribution in [1.29, 1.82) is 0 Å². The number of nitrogen functional groups attached to an aromatic ring is 1. The Morgan fingerprint density at radius 2 is 1.87 bits per heavy atom. The Labute approximate surface area is 226 Å². The van der Waals surface area contributed by atoms with Crippen LogP contribution in [0.15, 0.2) is 79.1 Å². The number of carbonyl (C=O) groups excluding carboxylic acids is 1. The van der Waals surface area contributed by atoms with Crippen LogP contribution in [0.3, 0.4) is 0 Å². The molecule has 38 heavy (non-hydrogen) atoms. The highest BCUT2D eigenvalue weighted by Crippen LogP contribution is 2.39. The van der Waals surface area contributed by atoms with Crippen LogP contribution >= 0.6 is 11.6 Å². The van der Waals surface area contributed by atoms with Crippen molar-refractivity contribution < 1.29 is 14.3 Å². The molecule has 1 aliphatic heterocycles. The van der Waals surface area contributed by atoms with E-state index in [0.717, 1.165) is 46.4 Å². The predicted octanol–water partition coefficient (Wildman–Crippen LogP) is 5.34. The number of halogens is 1. The van der Waals surface area contributed by atoms with E-state index in [1.54, 1.807) is 35.4 Å². The van der Waals surface area contributed by atoms with Gasteiger partial charge in [-0.3, -0.25) is 4.90 Å². The third-order valence-corrected chi connectivity index (χ3v) is 6.80. The first kappa shape index (κ1) is 25.4. The van der Waals surface area contributed by atoms with E-state index in [1.165, 1.54) is 6.20 Å². The molecule has 1 aromatic heterocycles. The minimum atomic E-state index is -0.430. The number of nitrogens with zero attached hydrogens (tertiary/aromatic N) is 1. The normalized spacial score (nSPS) is 15.0. The van der Waals surface area contributed by atoms with Gasteiger partial charge in [0, 0.05) is 52.8 Å². The van der Waals surface area contributed by atoms with Crippen LogP contribution < -0.4 is 26.3 Å². The first-order valence-electron chi connectivity index (χ1n) is 12.5. The number of carbonyl (C=O) groups is 1. The molecule has 0 spiro atoms. The average Bonchev–Trinajstić information content (AvgIpc) is 3.29. The second-order valence-corrected chi connectivity index (χ2v) is 9.51. The molecule has 5 rings (SSSR count). The molecule has 0 saturated carbocycles. The van der Waals surface area contributed by atoms with Crippen molar-refractivity contribution in [2.45, 2.75) is 18.9 Å². The van der Waals surface area contributed by atoms with Gasteiger partial charge >= 0.3 is 6.09 Å². The van der Waals surface area contributed by atoms with Crippen LogP contribution in [0.1, 0.15) is 29.3 Å². The highest BCUT2D eigenvalue weighted by Gasteiger charge is 2.35. The van der Waals surface area contributed by atoms with E-state index in [-0.39, 0.29) is 6.04 Å². The van der Waals surface area contributed by atoms with Gasteiger partial charge in [-0.2, -0.15) is 0 Å². The van der Waals surface area contributed by atoms with Crippen LogP contribution in [0.2, 0.25) is 5.02 Å². The van der Waals surface area contributed by atoms with Gasteiger partial charge in [0.25, 0.3) is 0 Å². The number of nitrogens with one attached hydrogen (secondary N) is 2.